The molecule has 0 radical (unpaired) electrons. The molecule has 0 bridgehead atoms. The highest BCUT2D eigenvalue weighted by Crippen LogP contribution is 2.36. The van der Waals surface area contributed by atoms with Crippen molar-refractivity contribution in [3.05, 3.63) is 28.3 Å². The summed E-state index contributed by atoms with van der Waals surface area (Å²) in [6.45, 7) is 7.37. The van der Waals surface area contributed by atoms with Gasteiger partial charge in [-0.15, -0.1) is 11.8 Å². The van der Waals surface area contributed by atoms with Gasteiger partial charge in [-0.3, -0.25) is 10.1 Å². The number of amides is 1. The molecule has 0 fully saturated rings. The van der Waals surface area contributed by atoms with Gasteiger partial charge in [0.2, 0.25) is 0 Å². The highest BCUT2D eigenvalue weighted by molar-refractivity contribution is 7.99. The van der Waals surface area contributed by atoms with E-state index in [2.05, 4.69) is 10.2 Å². The summed E-state index contributed by atoms with van der Waals surface area (Å²) in [7, 11) is 0. The van der Waals surface area contributed by atoms with Crippen LogP contribution in [0.15, 0.2) is 23.1 Å². The molecule has 126 valence electrons. The summed E-state index contributed by atoms with van der Waals surface area (Å²) < 4.78 is 5.19. The Morgan fingerprint density at radius 3 is 2.87 bits per heavy atom. The Balaban J connectivity index is 1.93. The first-order valence-electron chi connectivity index (χ1n) is 7.39. The minimum Gasteiger partial charge on any atom is -0.444 e. The molecule has 23 heavy (non-hydrogen) atoms. The Morgan fingerprint density at radius 2 is 2.22 bits per heavy atom. The Kier molecular flexibility index (Phi) is 5.35. The molecule has 2 rings (SSSR count). The Bertz CT molecular complexity index is 601. The van der Waals surface area contributed by atoms with Crippen LogP contribution < -0.4 is 10.2 Å². The van der Waals surface area contributed by atoms with E-state index in [0.717, 1.165) is 22.9 Å². The molecule has 0 aliphatic carbocycles. The minimum atomic E-state index is -0.516. The first kappa shape index (κ1) is 17.4. The normalized spacial score (nSPS) is 14.1. The second kappa shape index (κ2) is 7.08. The number of nitrogens with zero attached hydrogens (tertiary/aromatic N) is 2. The van der Waals surface area contributed by atoms with Gasteiger partial charge in [0.25, 0.3) is 5.69 Å². The van der Waals surface area contributed by atoms with Crippen molar-refractivity contribution in [1.82, 2.24) is 5.32 Å². The molecular formula is C15H21N3O4S. The van der Waals surface area contributed by atoms with Gasteiger partial charge in [0.05, 0.1) is 10.6 Å². The lowest BCUT2D eigenvalue weighted by Gasteiger charge is -2.30. The SMILES string of the molecule is CC(C)(C)OC(=O)NCCN1CCSc2cc([N+](=O)[O-])ccc21. The molecule has 1 aromatic rings. The van der Waals surface area contributed by atoms with E-state index in [-0.39, 0.29) is 10.6 Å². The molecule has 0 unspecified atom stereocenters. The number of rotatable bonds is 4. The lowest BCUT2D eigenvalue weighted by Crippen LogP contribution is -2.39. The van der Waals surface area contributed by atoms with E-state index in [4.69, 9.17) is 4.74 Å². The Morgan fingerprint density at radius 1 is 1.48 bits per heavy atom. The maximum Gasteiger partial charge on any atom is 0.407 e. The third kappa shape index (κ3) is 5.02. The van der Waals surface area contributed by atoms with Crippen molar-refractivity contribution in [2.24, 2.45) is 0 Å². The largest absolute Gasteiger partial charge is 0.444 e. The van der Waals surface area contributed by atoms with Gasteiger partial charge in [-0.05, 0) is 26.8 Å². The van der Waals surface area contributed by atoms with Crippen molar-refractivity contribution in [3.8, 4) is 0 Å². The number of hydrogen-bond donors (Lipinski definition) is 1. The number of fused-ring (bicyclic) bond motifs is 1. The Hall–Kier alpha value is -1.96. The van der Waals surface area contributed by atoms with Gasteiger partial charge in [-0.25, -0.2) is 4.79 Å². The first-order chi connectivity index (χ1) is 10.8. The van der Waals surface area contributed by atoms with Crippen LogP contribution in [0.1, 0.15) is 20.8 Å². The highest BCUT2D eigenvalue weighted by atomic mass is 32.2. The molecule has 0 saturated heterocycles. The van der Waals surface area contributed by atoms with E-state index < -0.39 is 11.7 Å². The summed E-state index contributed by atoms with van der Waals surface area (Å²) in [6.07, 6.45) is -0.437. The van der Waals surface area contributed by atoms with E-state index in [1.54, 1.807) is 23.9 Å². The zero-order valence-electron chi connectivity index (χ0n) is 13.5. The zero-order valence-corrected chi connectivity index (χ0v) is 14.3. The van der Waals surface area contributed by atoms with Gasteiger partial charge >= 0.3 is 6.09 Å². The summed E-state index contributed by atoms with van der Waals surface area (Å²) in [5.74, 6) is 0.862. The fourth-order valence-electron chi connectivity index (χ4n) is 2.22. The number of ether oxygens (including phenoxy) is 1. The summed E-state index contributed by atoms with van der Waals surface area (Å²) in [4.78, 5) is 25.1. The molecule has 1 N–H and O–H groups in total. The zero-order chi connectivity index (χ0) is 17.0. The van der Waals surface area contributed by atoms with Crippen LogP contribution in [-0.2, 0) is 4.74 Å². The van der Waals surface area contributed by atoms with E-state index >= 15 is 0 Å². The number of hydrogen-bond acceptors (Lipinski definition) is 6. The van der Waals surface area contributed by atoms with Crippen LogP contribution >= 0.6 is 11.8 Å². The summed E-state index contributed by atoms with van der Waals surface area (Å²) in [6, 6.07) is 4.89. The summed E-state index contributed by atoms with van der Waals surface area (Å²) >= 11 is 1.61. The van der Waals surface area contributed by atoms with Crippen LogP contribution in [0, 0.1) is 10.1 Å². The summed E-state index contributed by atoms with van der Waals surface area (Å²) in [5, 5.41) is 13.6. The number of thioether (sulfide) groups is 1. The number of alkyl carbamates (subject to hydrolysis) is 1. The molecular weight excluding hydrogens is 318 g/mol. The predicted octanol–water partition coefficient (Wildman–Crippen LogP) is 3.03. The standard InChI is InChI=1S/C15H21N3O4S/c1-15(2,3)22-14(19)16-6-7-17-8-9-23-13-10-11(18(20)21)4-5-12(13)17/h4-5,10H,6-9H2,1-3H3,(H,16,19). The molecule has 1 aromatic carbocycles. The van der Waals surface area contributed by atoms with Gasteiger partial charge in [0.1, 0.15) is 5.60 Å². The minimum absolute atomic E-state index is 0.102. The van der Waals surface area contributed by atoms with Gasteiger partial charge in [0, 0.05) is 42.4 Å². The van der Waals surface area contributed by atoms with Crippen LogP contribution in [0.4, 0.5) is 16.2 Å². The molecule has 1 amide bonds. The van der Waals surface area contributed by atoms with Crippen molar-refractivity contribution in [3.63, 3.8) is 0 Å². The van der Waals surface area contributed by atoms with Crippen molar-refractivity contribution >= 4 is 29.2 Å². The smallest absolute Gasteiger partial charge is 0.407 e. The number of anilines is 1. The molecule has 1 heterocycles. The van der Waals surface area contributed by atoms with Crippen molar-refractivity contribution in [2.75, 3.05) is 30.3 Å². The monoisotopic (exact) mass is 339 g/mol. The number of non-ortho nitro benzene ring substituents is 1. The average molecular weight is 339 g/mol. The van der Waals surface area contributed by atoms with E-state index in [1.165, 1.54) is 6.07 Å². The second-order valence-electron chi connectivity index (χ2n) is 6.17. The highest BCUT2D eigenvalue weighted by Gasteiger charge is 2.21. The van der Waals surface area contributed by atoms with Crippen LogP contribution in [0.3, 0.4) is 0 Å². The first-order valence-corrected chi connectivity index (χ1v) is 8.38. The number of nitro benzene ring substituents is 1. The fraction of sp³-hybridized carbons (Fsp3) is 0.533. The quantitative estimate of drug-likeness (QED) is 0.670. The summed E-state index contributed by atoms with van der Waals surface area (Å²) in [5.41, 5.74) is 0.556. The number of carbonyl (C=O) groups is 1. The van der Waals surface area contributed by atoms with Crippen LogP contribution in [0.2, 0.25) is 0 Å². The molecule has 0 spiro atoms. The molecule has 0 saturated carbocycles. The Labute approximate surface area is 139 Å². The second-order valence-corrected chi connectivity index (χ2v) is 7.31. The maximum absolute atomic E-state index is 11.6. The fourth-order valence-corrected chi connectivity index (χ4v) is 3.30. The van der Waals surface area contributed by atoms with Crippen molar-refractivity contribution in [1.29, 1.82) is 0 Å². The molecule has 1 aliphatic rings. The lowest BCUT2D eigenvalue weighted by molar-refractivity contribution is -0.385. The van der Waals surface area contributed by atoms with Gasteiger partial charge in [-0.1, -0.05) is 0 Å². The van der Waals surface area contributed by atoms with Crippen LogP contribution in [0.5, 0.6) is 0 Å². The average Bonchev–Trinajstić information content (AvgIpc) is 2.45. The van der Waals surface area contributed by atoms with E-state index in [1.807, 2.05) is 20.8 Å². The van der Waals surface area contributed by atoms with E-state index in [0.29, 0.717) is 13.1 Å². The topological polar surface area (TPSA) is 84.7 Å². The number of benzene rings is 1. The van der Waals surface area contributed by atoms with Gasteiger partial charge in [-0.2, -0.15) is 0 Å². The van der Waals surface area contributed by atoms with Crippen LogP contribution in [-0.4, -0.2) is 42.0 Å². The number of nitrogens with one attached hydrogen (secondary N) is 1. The number of nitro groups is 1. The maximum atomic E-state index is 11.6. The van der Waals surface area contributed by atoms with Crippen molar-refractivity contribution < 1.29 is 14.5 Å². The molecule has 0 atom stereocenters. The molecule has 8 heteroatoms. The lowest BCUT2D eigenvalue weighted by atomic mass is 10.2. The van der Waals surface area contributed by atoms with Gasteiger partial charge in [0.15, 0.2) is 0 Å². The molecule has 1 aliphatic heterocycles. The third-order valence-electron chi connectivity index (χ3n) is 3.16. The van der Waals surface area contributed by atoms with Gasteiger partial charge < -0.3 is 15.0 Å². The molecule has 0 aromatic heterocycles. The van der Waals surface area contributed by atoms with Crippen molar-refractivity contribution in [2.45, 2.75) is 31.3 Å². The van der Waals surface area contributed by atoms with E-state index in [9.17, 15) is 14.9 Å². The van der Waals surface area contributed by atoms with Crippen LogP contribution in [0.25, 0.3) is 0 Å². The molecule has 7 nitrogen and oxygen atoms in total. The third-order valence-corrected chi connectivity index (χ3v) is 4.19. The number of carbonyl (C=O) groups excluding carboxylic acids is 1. The predicted molar refractivity (Wildman–Crippen MR) is 90.3 cm³/mol.